The Morgan fingerprint density at radius 1 is 0.500 bits per heavy atom. The Labute approximate surface area is 199 Å². The van der Waals surface area contributed by atoms with Gasteiger partial charge < -0.3 is 9.47 Å². The molecule has 0 N–H and O–H groups in total. The van der Waals surface area contributed by atoms with E-state index in [-0.39, 0.29) is 0 Å². The van der Waals surface area contributed by atoms with E-state index in [4.69, 9.17) is 14.5 Å². The molecule has 0 aliphatic rings. The van der Waals surface area contributed by atoms with Crippen LogP contribution in [0.5, 0.6) is 11.5 Å². The summed E-state index contributed by atoms with van der Waals surface area (Å²) in [6.45, 7) is 0. The molecular formula is C31H25NO2. The zero-order chi connectivity index (χ0) is 23.3. The molecule has 5 aromatic rings. The highest BCUT2D eigenvalue weighted by Crippen LogP contribution is 2.31. The van der Waals surface area contributed by atoms with Crippen molar-refractivity contribution in [2.75, 3.05) is 14.2 Å². The molecule has 4 aromatic carbocycles. The predicted octanol–water partition coefficient (Wildman–Crippen LogP) is 7.75. The van der Waals surface area contributed by atoms with Crippen molar-refractivity contribution in [3.8, 4) is 11.5 Å². The first-order valence-electron chi connectivity index (χ1n) is 11.2. The van der Waals surface area contributed by atoms with Gasteiger partial charge in [-0.1, -0.05) is 66.7 Å². The van der Waals surface area contributed by atoms with Crippen molar-refractivity contribution in [3.05, 3.63) is 114 Å². The topological polar surface area (TPSA) is 31.4 Å². The summed E-state index contributed by atoms with van der Waals surface area (Å²) in [5.41, 5.74) is 3.84. The number of nitrogens with zero attached hydrogens (tertiary/aromatic N) is 1. The second-order valence-corrected chi connectivity index (χ2v) is 7.96. The van der Waals surface area contributed by atoms with Crippen LogP contribution in [0.1, 0.15) is 22.5 Å². The minimum Gasteiger partial charge on any atom is -0.496 e. The van der Waals surface area contributed by atoms with Gasteiger partial charge in [0.1, 0.15) is 11.5 Å². The average Bonchev–Trinajstić information content (AvgIpc) is 2.90. The molecule has 0 spiro atoms. The quantitative estimate of drug-likeness (QED) is 0.269. The first-order valence-corrected chi connectivity index (χ1v) is 11.2. The van der Waals surface area contributed by atoms with Crippen molar-refractivity contribution in [1.82, 2.24) is 4.98 Å². The number of benzene rings is 4. The Hall–Kier alpha value is -4.37. The molecule has 0 amide bonds. The number of aromatic nitrogens is 1. The molecule has 0 saturated heterocycles. The van der Waals surface area contributed by atoms with Gasteiger partial charge in [0.15, 0.2) is 0 Å². The molecule has 0 radical (unpaired) electrons. The molecule has 3 nitrogen and oxygen atoms in total. The Kier molecular flexibility index (Phi) is 6.09. The maximum Gasteiger partial charge on any atom is 0.126 e. The van der Waals surface area contributed by atoms with Crippen molar-refractivity contribution in [1.29, 1.82) is 0 Å². The number of hydrogen-bond acceptors (Lipinski definition) is 3. The summed E-state index contributed by atoms with van der Waals surface area (Å²) >= 11 is 0. The van der Waals surface area contributed by atoms with Gasteiger partial charge in [-0.2, -0.15) is 0 Å². The molecule has 0 unspecified atom stereocenters. The van der Waals surface area contributed by atoms with Gasteiger partial charge in [0, 0.05) is 11.1 Å². The van der Waals surface area contributed by atoms with E-state index in [1.54, 1.807) is 14.2 Å². The summed E-state index contributed by atoms with van der Waals surface area (Å²) in [4.78, 5) is 4.82. The molecule has 0 fully saturated rings. The molecule has 3 heteroatoms. The van der Waals surface area contributed by atoms with Crippen molar-refractivity contribution < 1.29 is 9.47 Å². The van der Waals surface area contributed by atoms with Crippen molar-refractivity contribution >= 4 is 45.8 Å². The van der Waals surface area contributed by atoms with Gasteiger partial charge in [-0.3, -0.25) is 0 Å². The zero-order valence-corrected chi connectivity index (χ0v) is 19.2. The second-order valence-electron chi connectivity index (χ2n) is 7.96. The largest absolute Gasteiger partial charge is 0.496 e. The summed E-state index contributed by atoms with van der Waals surface area (Å²) in [5, 5.41) is 4.66. The van der Waals surface area contributed by atoms with E-state index in [0.717, 1.165) is 44.8 Å². The van der Waals surface area contributed by atoms with E-state index in [1.807, 2.05) is 66.7 Å². The fourth-order valence-corrected chi connectivity index (χ4v) is 4.24. The Morgan fingerprint density at radius 3 is 1.44 bits per heavy atom. The van der Waals surface area contributed by atoms with Crippen LogP contribution in [0.25, 0.3) is 45.8 Å². The molecule has 5 rings (SSSR count). The first kappa shape index (κ1) is 21.5. The monoisotopic (exact) mass is 443 g/mol. The molecule has 34 heavy (non-hydrogen) atoms. The Morgan fingerprint density at radius 2 is 0.971 bits per heavy atom. The van der Waals surface area contributed by atoms with Crippen LogP contribution in [-0.2, 0) is 0 Å². The van der Waals surface area contributed by atoms with Gasteiger partial charge in [0.05, 0.1) is 25.6 Å². The van der Waals surface area contributed by atoms with E-state index < -0.39 is 0 Å². The van der Waals surface area contributed by atoms with Gasteiger partial charge in [0.2, 0.25) is 0 Å². The van der Waals surface area contributed by atoms with E-state index in [1.165, 1.54) is 10.8 Å². The van der Waals surface area contributed by atoms with Gasteiger partial charge >= 0.3 is 0 Å². The van der Waals surface area contributed by atoms with E-state index in [0.29, 0.717) is 0 Å². The zero-order valence-electron chi connectivity index (χ0n) is 19.2. The maximum atomic E-state index is 5.62. The van der Waals surface area contributed by atoms with Gasteiger partial charge in [0.25, 0.3) is 0 Å². The second kappa shape index (κ2) is 9.63. The van der Waals surface area contributed by atoms with Crippen molar-refractivity contribution in [2.24, 2.45) is 0 Å². The van der Waals surface area contributed by atoms with Crippen LogP contribution >= 0.6 is 0 Å². The molecule has 0 bridgehead atoms. The molecule has 0 aliphatic heterocycles. The van der Waals surface area contributed by atoms with Crippen molar-refractivity contribution in [2.45, 2.75) is 0 Å². The summed E-state index contributed by atoms with van der Waals surface area (Å²) in [6.07, 6.45) is 8.20. The Balaban J connectivity index is 1.48. The van der Waals surface area contributed by atoms with Crippen molar-refractivity contribution in [3.63, 3.8) is 0 Å². The number of rotatable bonds is 6. The van der Waals surface area contributed by atoms with Crippen LogP contribution in [-0.4, -0.2) is 19.2 Å². The fourth-order valence-electron chi connectivity index (χ4n) is 4.24. The average molecular weight is 444 g/mol. The highest BCUT2D eigenvalue weighted by Gasteiger charge is 2.07. The summed E-state index contributed by atoms with van der Waals surface area (Å²) in [5.74, 6) is 1.68. The van der Waals surface area contributed by atoms with E-state index >= 15 is 0 Å². The van der Waals surface area contributed by atoms with Crippen LogP contribution in [0.2, 0.25) is 0 Å². The lowest BCUT2D eigenvalue weighted by Crippen LogP contribution is -1.90. The Bertz CT molecular complexity index is 1420. The predicted molar refractivity (Wildman–Crippen MR) is 143 cm³/mol. The van der Waals surface area contributed by atoms with Gasteiger partial charge in [-0.05, 0) is 70.1 Å². The number of methoxy groups -OCH3 is 2. The highest BCUT2D eigenvalue weighted by molar-refractivity contribution is 5.96. The lowest BCUT2D eigenvalue weighted by Gasteiger charge is -2.09. The van der Waals surface area contributed by atoms with Crippen LogP contribution < -0.4 is 9.47 Å². The first-order chi connectivity index (χ1) is 16.8. The minimum absolute atomic E-state index is 0.842. The standard InChI is InChI=1S/C31H25NO2/c1-33-30-20-14-22-8-3-5-12-26(22)28(30)18-16-24-10-7-11-25(32-24)17-19-29-27-13-6-4-9-23(27)15-21-31(29)34-2/h3-21H,1-2H3. The molecular weight excluding hydrogens is 418 g/mol. The van der Waals surface area contributed by atoms with E-state index in [2.05, 4.69) is 48.6 Å². The highest BCUT2D eigenvalue weighted by atomic mass is 16.5. The molecule has 166 valence electrons. The van der Waals surface area contributed by atoms with Gasteiger partial charge in [-0.15, -0.1) is 0 Å². The molecule has 0 atom stereocenters. The van der Waals surface area contributed by atoms with Gasteiger partial charge in [-0.25, -0.2) is 4.98 Å². The normalized spacial score (nSPS) is 11.6. The number of hydrogen-bond donors (Lipinski definition) is 0. The number of fused-ring (bicyclic) bond motifs is 2. The molecule has 0 saturated carbocycles. The smallest absolute Gasteiger partial charge is 0.126 e. The maximum absolute atomic E-state index is 5.62. The number of pyridine rings is 1. The third-order valence-corrected chi connectivity index (χ3v) is 5.93. The lowest BCUT2D eigenvalue weighted by molar-refractivity contribution is 0.414. The third-order valence-electron chi connectivity index (χ3n) is 5.93. The van der Waals surface area contributed by atoms with Crippen LogP contribution in [0, 0.1) is 0 Å². The summed E-state index contributed by atoms with van der Waals surface area (Å²) in [6, 6.07) is 30.8. The number of ether oxygens (including phenoxy) is 2. The minimum atomic E-state index is 0.842. The molecule has 0 aliphatic carbocycles. The summed E-state index contributed by atoms with van der Waals surface area (Å²) < 4.78 is 11.2. The van der Waals surface area contributed by atoms with Crippen LogP contribution in [0.15, 0.2) is 91.0 Å². The van der Waals surface area contributed by atoms with E-state index in [9.17, 15) is 0 Å². The third kappa shape index (κ3) is 4.28. The lowest BCUT2D eigenvalue weighted by atomic mass is 10.0. The molecule has 1 heterocycles. The van der Waals surface area contributed by atoms with Crippen LogP contribution in [0.4, 0.5) is 0 Å². The molecule has 1 aromatic heterocycles. The SMILES string of the molecule is COc1ccc2ccccc2c1C=Cc1cccc(C=Cc2c(OC)ccc3ccccc23)n1. The van der Waals surface area contributed by atoms with Crippen LogP contribution in [0.3, 0.4) is 0 Å². The summed E-state index contributed by atoms with van der Waals surface area (Å²) in [7, 11) is 3.40. The fraction of sp³-hybridized carbons (Fsp3) is 0.0645.